The maximum Gasteiger partial charge on any atom is 0.343 e. The van der Waals surface area contributed by atoms with Crippen LogP contribution in [0.25, 0.3) is 0 Å². The Morgan fingerprint density at radius 3 is 2.07 bits per heavy atom. The van der Waals surface area contributed by atoms with Gasteiger partial charge in [-0.05, 0) is 32.5 Å². The van der Waals surface area contributed by atoms with Gasteiger partial charge in [0.15, 0.2) is 14.2 Å². The predicted octanol–water partition coefficient (Wildman–Crippen LogP) is 5.34. The lowest BCUT2D eigenvalue weighted by atomic mass is 10.1. The van der Waals surface area contributed by atoms with Crippen molar-refractivity contribution in [3.63, 3.8) is 0 Å². The Labute approximate surface area is 164 Å². The summed E-state index contributed by atoms with van der Waals surface area (Å²) in [7, 11) is -1.39. The Morgan fingerprint density at radius 1 is 1.00 bits per heavy atom. The van der Waals surface area contributed by atoms with Gasteiger partial charge in [0, 0.05) is 12.7 Å². The van der Waals surface area contributed by atoms with Crippen molar-refractivity contribution < 1.29 is 24.2 Å². The number of nitrogens with one attached hydrogen (secondary N) is 1. The van der Waals surface area contributed by atoms with Gasteiger partial charge in [-0.1, -0.05) is 51.4 Å². The number of ether oxygens (including phenoxy) is 1. The molecule has 0 radical (unpaired) electrons. The summed E-state index contributed by atoms with van der Waals surface area (Å²) in [5.41, 5.74) is -0.0280. The van der Waals surface area contributed by atoms with Crippen molar-refractivity contribution in [2.45, 2.75) is 83.8 Å². The van der Waals surface area contributed by atoms with Crippen molar-refractivity contribution in [2.24, 2.45) is 0 Å². The van der Waals surface area contributed by atoms with Gasteiger partial charge < -0.3 is 19.4 Å². The second-order valence-corrected chi connectivity index (χ2v) is 12.0. The third-order valence-electron chi connectivity index (χ3n) is 4.69. The summed E-state index contributed by atoms with van der Waals surface area (Å²) in [5.74, 6) is -1.22. The van der Waals surface area contributed by atoms with Crippen molar-refractivity contribution in [1.29, 1.82) is 0 Å². The molecule has 1 heterocycles. The molecule has 0 aromatic carbocycles. The topological polar surface area (TPSA) is 91.8 Å². The molecular weight excluding hydrogens is 362 g/mol. The first-order valence-corrected chi connectivity index (χ1v) is 13.4. The molecule has 0 aliphatic rings. The van der Waals surface area contributed by atoms with Crippen LogP contribution in [0, 0.1) is 0 Å². The number of aromatic amines is 1. The highest BCUT2D eigenvalue weighted by Crippen LogP contribution is 2.22. The third-order valence-corrected chi connectivity index (χ3v) is 7.32. The highest BCUT2D eigenvalue weighted by atomic mass is 28.4. The third kappa shape index (κ3) is 10.4. The molecular formula is C20H37NO5Si. The van der Waals surface area contributed by atoms with E-state index in [2.05, 4.69) is 25.0 Å². The zero-order valence-corrected chi connectivity index (χ0v) is 18.2. The molecule has 156 valence electrons. The summed E-state index contributed by atoms with van der Waals surface area (Å²) >= 11 is 0. The lowest BCUT2D eigenvalue weighted by Crippen LogP contribution is -2.29. The van der Waals surface area contributed by atoms with Gasteiger partial charge in [-0.15, -0.1) is 0 Å². The van der Waals surface area contributed by atoms with Crippen LogP contribution in [-0.4, -0.2) is 42.7 Å². The van der Waals surface area contributed by atoms with E-state index in [-0.39, 0.29) is 17.3 Å². The van der Waals surface area contributed by atoms with E-state index in [0.717, 1.165) is 31.9 Å². The monoisotopic (exact) mass is 399 g/mol. The number of hydrogen-bond donors (Lipinski definition) is 3. The van der Waals surface area contributed by atoms with Crippen LogP contribution in [0.3, 0.4) is 0 Å². The molecule has 1 rings (SSSR count). The fraction of sp³-hybridized carbons (Fsp3) is 0.750. The lowest BCUT2D eigenvalue weighted by Gasteiger charge is -2.21. The number of aromatic hydroxyl groups is 2. The minimum atomic E-state index is -1.39. The van der Waals surface area contributed by atoms with E-state index in [9.17, 15) is 15.0 Å². The molecule has 27 heavy (non-hydrogen) atoms. The Morgan fingerprint density at radius 2 is 1.56 bits per heavy atom. The van der Waals surface area contributed by atoms with Crippen molar-refractivity contribution >= 4 is 14.3 Å². The van der Waals surface area contributed by atoms with Crippen LogP contribution in [0.5, 0.6) is 11.8 Å². The van der Waals surface area contributed by atoms with E-state index >= 15 is 0 Å². The Balaban J connectivity index is 1.91. The predicted molar refractivity (Wildman–Crippen MR) is 110 cm³/mol. The Hall–Kier alpha value is -1.47. The van der Waals surface area contributed by atoms with Crippen LogP contribution in [0.15, 0.2) is 6.07 Å². The summed E-state index contributed by atoms with van der Waals surface area (Å²) in [6, 6.07) is 2.43. The Bertz CT molecular complexity index is 544. The van der Waals surface area contributed by atoms with Gasteiger partial charge in [0.2, 0.25) is 5.88 Å². The van der Waals surface area contributed by atoms with Gasteiger partial charge in [-0.25, -0.2) is 4.79 Å². The van der Waals surface area contributed by atoms with Gasteiger partial charge in [0.05, 0.1) is 6.61 Å². The quantitative estimate of drug-likeness (QED) is 0.210. The number of carbonyl (C=O) groups is 1. The van der Waals surface area contributed by atoms with Crippen LogP contribution in [0.2, 0.25) is 19.1 Å². The number of aromatic nitrogens is 1. The zero-order chi connectivity index (χ0) is 20.1. The first-order chi connectivity index (χ1) is 12.9. The molecule has 1 aromatic heterocycles. The van der Waals surface area contributed by atoms with Gasteiger partial charge in [0.1, 0.15) is 5.56 Å². The highest BCUT2D eigenvalue weighted by Gasteiger charge is 2.20. The van der Waals surface area contributed by atoms with E-state index in [1.165, 1.54) is 44.6 Å². The van der Waals surface area contributed by atoms with Crippen LogP contribution in [0.4, 0.5) is 0 Å². The summed E-state index contributed by atoms with van der Waals surface area (Å²) in [5, 5.41) is 18.6. The number of carbonyl (C=O) groups excluding carboxylic acids is 1. The molecule has 6 nitrogen and oxygen atoms in total. The van der Waals surface area contributed by atoms with Crippen molar-refractivity contribution in [1.82, 2.24) is 4.98 Å². The van der Waals surface area contributed by atoms with E-state index in [1.54, 1.807) is 0 Å². The molecule has 3 N–H and O–H groups in total. The van der Waals surface area contributed by atoms with Gasteiger partial charge in [-0.2, -0.15) is 0 Å². The summed E-state index contributed by atoms with van der Waals surface area (Å²) in [6.07, 6.45) is 10.7. The maximum absolute atomic E-state index is 11.7. The molecule has 1 aromatic rings. The van der Waals surface area contributed by atoms with Crippen molar-refractivity contribution in [2.75, 3.05) is 13.2 Å². The zero-order valence-electron chi connectivity index (χ0n) is 17.2. The molecule has 0 atom stereocenters. The van der Waals surface area contributed by atoms with Crippen LogP contribution in [0.1, 0.15) is 75.1 Å². The Kier molecular flexibility index (Phi) is 11.2. The van der Waals surface area contributed by atoms with Crippen molar-refractivity contribution in [3.8, 4) is 11.8 Å². The van der Waals surface area contributed by atoms with Crippen molar-refractivity contribution in [3.05, 3.63) is 11.6 Å². The molecule has 0 spiro atoms. The summed E-state index contributed by atoms with van der Waals surface area (Å²) < 4.78 is 11.0. The van der Waals surface area contributed by atoms with E-state index < -0.39 is 14.3 Å². The normalized spacial score (nSPS) is 11.7. The molecule has 0 bridgehead atoms. The van der Waals surface area contributed by atoms with Gasteiger partial charge >= 0.3 is 5.97 Å². The number of rotatable bonds is 15. The molecule has 0 fully saturated rings. The number of esters is 1. The van der Waals surface area contributed by atoms with Crippen LogP contribution < -0.4 is 0 Å². The summed E-state index contributed by atoms with van der Waals surface area (Å²) in [6.45, 7) is 7.87. The fourth-order valence-corrected chi connectivity index (χ4v) is 5.21. The first kappa shape index (κ1) is 23.6. The number of hydrogen-bond acceptors (Lipinski definition) is 5. The van der Waals surface area contributed by atoms with Gasteiger partial charge in [0.25, 0.3) is 0 Å². The van der Waals surface area contributed by atoms with Crippen LogP contribution in [-0.2, 0) is 9.16 Å². The first-order valence-electron chi connectivity index (χ1n) is 10.3. The smallest absolute Gasteiger partial charge is 0.343 e. The van der Waals surface area contributed by atoms with E-state index in [1.807, 2.05) is 0 Å². The molecule has 0 amide bonds. The largest absolute Gasteiger partial charge is 0.494 e. The second-order valence-electron chi connectivity index (χ2n) is 7.68. The molecule has 0 unspecified atom stereocenters. The number of H-pyrrole nitrogens is 1. The molecule has 7 heteroatoms. The maximum atomic E-state index is 11.7. The SMILES string of the molecule is CCO[Si](C)(C)CCCCCCCCCCCOC(=O)c1cc(O)[nH]c1O. The standard InChI is InChI=1S/C20H37NO5Si/c1-4-26-27(2,3)15-13-11-9-7-5-6-8-10-12-14-25-20(24)17-16-18(22)21-19(17)23/h16,21-23H,4-15H2,1-3H3. The van der Waals surface area contributed by atoms with E-state index in [4.69, 9.17) is 9.16 Å². The lowest BCUT2D eigenvalue weighted by molar-refractivity contribution is 0.0494. The molecule has 0 saturated carbocycles. The van der Waals surface area contributed by atoms with E-state index in [0.29, 0.717) is 6.61 Å². The minimum Gasteiger partial charge on any atom is -0.494 e. The highest BCUT2D eigenvalue weighted by molar-refractivity contribution is 6.71. The van der Waals surface area contributed by atoms with Crippen LogP contribution >= 0.6 is 0 Å². The molecule has 0 aliphatic carbocycles. The van der Waals surface area contributed by atoms with Gasteiger partial charge in [-0.3, -0.25) is 4.98 Å². The fourth-order valence-electron chi connectivity index (χ4n) is 3.18. The average Bonchev–Trinajstić information content (AvgIpc) is 2.94. The average molecular weight is 400 g/mol. The second kappa shape index (κ2) is 12.8. The minimum absolute atomic E-state index is 0.0280. The molecule has 0 aliphatic heterocycles. The number of unbranched alkanes of at least 4 members (excludes halogenated alkanes) is 8. The summed E-state index contributed by atoms with van der Waals surface area (Å²) in [4.78, 5) is 14.0. The molecule has 0 saturated heterocycles.